The van der Waals surface area contributed by atoms with Gasteiger partial charge in [-0.25, -0.2) is 0 Å². The summed E-state index contributed by atoms with van der Waals surface area (Å²) < 4.78 is 0. The Bertz CT molecular complexity index is 192. The third-order valence-electron chi connectivity index (χ3n) is 2.76. The van der Waals surface area contributed by atoms with E-state index in [1.54, 1.807) is 5.54 Å². The molecule has 1 saturated carbocycles. The molecule has 2 atom stereocenters. The van der Waals surface area contributed by atoms with E-state index in [2.05, 4.69) is 5.32 Å². The van der Waals surface area contributed by atoms with Crippen LogP contribution in [0.15, 0.2) is 11.1 Å². The van der Waals surface area contributed by atoms with Crippen LogP contribution >= 0.6 is 23.2 Å². The van der Waals surface area contributed by atoms with Crippen molar-refractivity contribution in [3.8, 4) is 0 Å². The minimum Gasteiger partial charge on any atom is -0.309 e. The second-order valence-corrected chi connectivity index (χ2v) is 4.88. The van der Waals surface area contributed by atoms with Gasteiger partial charge in [-0.2, -0.15) is 0 Å². The second-order valence-electron chi connectivity index (χ2n) is 4.10. The Morgan fingerprint density at radius 2 is 2.07 bits per heavy atom. The summed E-state index contributed by atoms with van der Waals surface area (Å²) in [6, 6.07) is 0.464. The van der Waals surface area contributed by atoms with Gasteiger partial charge < -0.3 is 5.32 Å². The second kappa shape index (κ2) is 6.71. The highest BCUT2D eigenvalue weighted by molar-refractivity contribution is 6.25. The fraction of sp³-hybridized carbons (Fsp3) is 0.818. The van der Waals surface area contributed by atoms with Crippen molar-refractivity contribution in [1.82, 2.24) is 5.32 Å². The summed E-state index contributed by atoms with van der Waals surface area (Å²) in [4.78, 5) is 0. The number of nitrogens with one attached hydrogen (secondary N) is 1. The van der Waals surface area contributed by atoms with E-state index in [1.165, 1.54) is 31.3 Å². The van der Waals surface area contributed by atoms with Crippen molar-refractivity contribution in [2.24, 2.45) is 0 Å². The molecule has 0 aromatic rings. The maximum absolute atomic E-state index is 6.30. The third-order valence-corrected chi connectivity index (χ3v) is 3.66. The molecule has 0 aromatic carbocycles. The smallest absolute Gasteiger partial charge is 0.0489 e. The van der Waals surface area contributed by atoms with Crippen molar-refractivity contribution in [1.29, 1.82) is 0 Å². The molecule has 0 aromatic heterocycles. The molecule has 1 aliphatic carbocycles. The molecular formula is C11H19Cl2N. The van der Waals surface area contributed by atoms with Crippen molar-refractivity contribution in [3.63, 3.8) is 0 Å². The van der Waals surface area contributed by atoms with Gasteiger partial charge in [0, 0.05) is 23.5 Å². The van der Waals surface area contributed by atoms with Gasteiger partial charge in [0.2, 0.25) is 0 Å². The molecule has 82 valence electrons. The number of alkyl halides is 1. The summed E-state index contributed by atoms with van der Waals surface area (Å²) in [6.45, 7) is 2.89. The summed E-state index contributed by atoms with van der Waals surface area (Å²) >= 11 is 11.9. The molecule has 0 bridgehead atoms. The molecule has 0 amide bonds. The lowest BCUT2D eigenvalue weighted by Crippen LogP contribution is -2.37. The number of hydrogen-bond donors (Lipinski definition) is 1. The Balaban J connectivity index is 2.33. The average molecular weight is 236 g/mol. The highest BCUT2D eigenvalue weighted by Gasteiger charge is 2.20. The SMILES string of the molecule is CC(=CCl)CNC1CCCCCC1Cl. The van der Waals surface area contributed by atoms with Crippen LogP contribution in [-0.4, -0.2) is 18.0 Å². The molecule has 0 heterocycles. The molecule has 14 heavy (non-hydrogen) atoms. The summed E-state index contributed by atoms with van der Waals surface area (Å²) in [5, 5.41) is 3.77. The fourth-order valence-electron chi connectivity index (χ4n) is 1.82. The summed E-state index contributed by atoms with van der Waals surface area (Å²) in [6.07, 6.45) is 6.24. The van der Waals surface area contributed by atoms with Gasteiger partial charge in [0.05, 0.1) is 0 Å². The highest BCUT2D eigenvalue weighted by Crippen LogP contribution is 2.22. The van der Waals surface area contributed by atoms with E-state index < -0.39 is 0 Å². The first kappa shape index (κ1) is 12.4. The zero-order valence-corrected chi connectivity index (χ0v) is 10.2. The Labute approximate surface area is 96.8 Å². The maximum atomic E-state index is 6.30. The van der Waals surface area contributed by atoms with E-state index in [0.29, 0.717) is 11.4 Å². The third kappa shape index (κ3) is 4.20. The predicted octanol–water partition coefficient (Wildman–Crippen LogP) is 3.66. The summed E-state index contributed by atoms with van der Waals surface area (Å²) in [5.41, 5.74) is 2.80. The van der Waals surface area contributed by atoms with Crippen LogP contribution in [0.25, 0.3) is 0 Å². The quantitative estimate of drug-likeness (QED) is 0.582. The van der Waals surface area contributed by atoms with E-state index in [9.17, 15) is 0 Å². The van der Waals surface area contributed by atoms with Gasteiger partial charge in [-0.15, -0.1) is 11.6 Å². The molecule has 1 fully saturated rings. The van der Waals surface area contributed by atoms with Crippen LogP contribution in [-0.2, 0) is 0 Å². The van der Waals surface area contributed by atoms with Crippen molar-refractivity contribution < 1.29 is 0 Å². The molecule has 0 saturated heterocycles. The molecule has 1 rings (SSSR count). The van der Waals surface area contributed by atoms with Gasteiger partial charge >= 0.3 is 0 Å². The number of rotatable bonds is 3. The normalized spacial score (nSPS) is 30.1. The minimum atomic E-state index is 0.292. The van der Waals surface area contributed by atoms with E-state index >= 15 is 0 Å². The van der Waals surface area contributed by atoms with Crippen LogP contribution in [0.1, 0.15) is 39.0 Å². The Morgan fingerprint density at radius 1 is 1.36 bits per heavy atom. The van der Waals surface area contributed by atoms with E-state index in [0.717, 1.165) is 13.0 Å². The van der Waals surface area contributed by atoms with Crippen molar-refractivity contribution in [2.45, 2.75) is 50.4 Å². The first-order valence-electron chi connectivity index (χ1n) is 5.37. The number of halogens is 2. The average Bonchev–Trinajstić information content (AvgIpc) is 2.39. The molecular weight excluding hydrogens is 217 g/mol. The van der Waals surface area contributed by atoms with Crippen LogP contribution < -0.4 is 5.32 Å². The Kier molecular flexibility index (Phi) is 5.92. The molecule has 2 unspecified atom stereocenters. The minimum absolute atomic E-state index is 0.292. The Morgan fingerprint density at radius 3 is 2.79 bits per heavy atom. The topological polar surface area (TPSA) is 12.0 Å². The largest absolute Gasteiger partial charge is 0.309 e. The first-order valence-corrected chi connectivity index (χ1v) is 6.24. The van der Waals surface area contributed by atoms with Crippen LogP contribution in [0.3, 0.4) is 0 Å². The van der Waals surface area contributed by atoms with Crippen molar-refractivity contribution >= 4 is 23.2 Å². The van der Waals surface area contributed by atoms with Crippen molar-refractivity contribution in [2.75, 3.05) is 6.54 Å². The van der Waals surface area contributed by atoms with Crippen LogP contribution in [0.4, 0.5) is 0 Å². The standard InChI is InChI=1S/C11H19Cl2N/c1-9(7-12)8-14-11-6-4-2-3-5-10(11)13/h7,10-11,14H,2-6,8H2,1H3. The van der Waals surface area contributed by atoms with E-state index in [-0.39, 0.29) is 0 Å². The lowest BCUT2D eigenvalue weighted by molar-refractivity contribution is 0.483. The van der Waals surface area contributed by atoms with Gasteiger partial charge in [-0.05, 0) is 25.3 Å². The van der Waals surface area contributed by atoms with Crippen molar-refractivity contribution in [3.05, 3.63) is 11.1 Å². The van der Waals surface area contributed by atoms with Gasteiger partial charge in [0.1, 0.15) is 0 Å². The lowest BCUT2D eigenvalue weighted by atomic mass is 10.1. The highest BCUT2D eigenvalue weighted by atomic mass is 35.5. The fourth-order valence-corrected chi connectivity index (χ4v) is 2.27. The molecule has 1 aliphatic rings. The summed E-state index contributed by atoms with van der Waals surface area (Å²) in [5.74, 6) is 0. The maximum Gasteiger partial charge on any atom is 0.0489 e. The molecule has 1 nitrogen and oxygen atoms in total. The van der Waals surface area contributed by atoms with Gasteiger partial charge in [-0.3, -0.25) is 0 Å². The molecule has 0 radical (unpaired) electrons. The molecule has 1 N–H and O–H groups in total. The zero-order valence-electron chi connectivity index (χ0n) is 8.73. The predicted molar refractivity (Wildman–Crippen MR) is 64.1 cm³/mol. The van der Waals surface area contributed by atoms with Crippen LogP contribution in [0, 0.1) is 0 Å². The number of hydrogen-bond acceptors (Lipinski definition) is 1. The summed E-state index contributed by atoms with van der Waals surface area (Å²) in [7, 11) is 0. The zero-order chi connectivity index (χ0) is 10.4. The van der Waals surface area contributed by atoms with Crippen LogP contribution in [0.5, 0.6) is 0 Å². The molecule has 0 aliphatic heterocycles. The molecule has 3 heteroatoms. The van der Waals surface area contributed by atoms with Crippen LogP contribution in [0.2, 0.25) is 0 Å². The van der Waals surface area contributed by atoms with Gasteiger partial charge in [-0.1, -0.05) is 30.9 Å². The Hall–Kier alpha value is 0.280. The monoisotopic (exact) mass is 235 g/mol. The molecule has 0 spiro atoms. The first-order chi connectivity index (χ1) is 6.74. The van der Waals surface area contributed by atoms with E-state index in [4.69, 9.17) is 23.2 Å². The van der Waals surface area contributed by atoms with E-state index in [1.807, 2.05) is 6.92 Å². The lowest BCUT2D eigenvalue weighted by Gasteiger charge is -2.21. The van der Waals surface area contributed by atoms with Gasteiger partial charge in [0.15, 0.2) is 0 Å². The van der Waals surface area contributed by atoms with Gasteiger partial charge in [0.25, 0.3) is 0 Å².